The lowest BCUT2D eigenvalue weighted by atomic mass is 10.1. The van der Waals surface area contributed by atoms with E-state index < -0.39 is 0 Å². The molecule has 1 N–H and O–H groups in total. The number of rotatable bonds is 6. The van der Waals surface area contributed by atoms with E-state index in [0.29, 0.717) is 18.2 Å². The van der Waals surface area contributed by atoms with Crippen molar-refractivity contribution >= 4 is 17.5 Å². The molecular weight excluding hydrogens is 262 g/mol. The molecule has 1 aromatic carbocycles. The number of ether oxygens (including phenoxy) is 1. The van der Waals surface area contributed by atoms with Crippen molar-refractivity contribution in [1.82, 2.24) is 5.32 Å². The largest absolute Gasteiger partial charge is 0.484 e. The van der Waals surface area contributed by atoms with Crippen molar-refractivity contribution in [2.45, 2.75) is 34.1 Å². The van der Waals surface area contributed by atoms with E-state index in [1.54, 1.807) is 0 Å². The fourth-order valence-corrected chi connectivity index (χ4v) is 1.80. The summed E-state index contributed by atoms with van der Waals surface area (Å²) in [7, 11) is 0. The quantitative estimate of drug-likeness (QED) is 0.868. The highest BCUT2D eigenvalue weighted by Gasteiger charge is 2.06. The van der Waals surface area contributed by atoms with E-state index >= 15 is 0 Å². The molecule has 3 nitrogen and oxygen atoms in total. The van der Waals surface area contributed by atoms with Gasteiger partial charge in [0.1, 0.15) is 5.75 Å². The summed E-state index contributed by atoms with van der Waals surface area (Å²) < 4.78 is 5.47. The molecule has 1 aromatic rings. The van der Waals surface area contributed by atoms with Gasteiger partial charge >= 0.3 is 0 Å². The fraction of sp³-hybridized carbons (Fsp3) is 0.533. The second kappa shape index (κ2) is 7.39. The first-order valence-electron chi connectivity index (χ1n) is 6.56. The zero-order valence-electron chi connectivity index (χ0n) is 12.0. The van der Waals surface area contributed by atoms with Crippen LogP contribution in [-0.2, 0) is 4.79 Å². The minimum Gasteiger partial charge on any atom is -0.484 e. The topological polar surface area (TPSA) is 38.3 Å². The molecule has 19 heavy (non-hydrogen) atoms. The Morgan fingerprint density at radius 1 is 1.32 bits per heavy atom. The van der Waals surface area contributed by atoms with Gasteiger partial charge in [-0.05, 0) is 49.4 Å². The van der Waals surface area contributed by atoms with Crippen molar-refractivity contribution in [3.05, 3.63) is 28.3 Å². The van der Waals surface area contributed by atoms with Gasteiger partial charge < -0.3 is 10.1 Å². The highest BCUT2D eigenvalue weighted by Crippen LogP contribution is 2.25. The van der Waals surface area contributed by atoms with Crippen molar-refractivity contribution in [1.29, 1.82) is 0 Å². The van der Waals surface area contributed by atoms with Gasteiger partial charge in [0.05, 0.1) is 0 Å². The van der Waals surface area contributed by atoms with Crippen molar-refractivity contribution in [2.24, 2.45) is 5.92 Å². The number of halogens is 1. The van der Waals surface area contributed by atoms with Crippen LogP contribution in [0.1, 0.15) is 31.4 Å². The molecule has 0 fully saturated rings. The molecule has 0 saturated heterocycles. The van der Waals surface area contributed by atoms with Gasteiger partial charge in [-0.3, -0.25) is 4.79 Å². The summed E-state index contributed by atoms with van der Waals surface area (Å²) in [6, 6.07) is 3.69. The van der Waals surface area contributed by atoms with Gasteiger partial charge in [0, 0.05) is 11.6 Å². The van der Waals surface area contributed by atoms with E-state index in [9.17, 15) is 4.79 Å². The van der Waals surface area contributed by atoms with E-state index in [1.807, 2.05) is 26.0 Å². The summed E-state index contributed by atoms with van der Waals surface area (Å²) >= 11 is 6.08. The zero-order valence-corrected chi connectivity index (χ0v) is 12.8. The molecule has 0 heterocycles. The minimum atomic E-state index is -0.0918. The van der Waals surface area contributed by atoms with E-state index in [2.05, 4.69) is 19.2 Å². The molecule has 0 aliphatic heterocycles. The molecule has 0 aliphatic rings. The molecule has 4 heteroatoms. The molecule has 0 atom stereocenters. The van der Waals surface area contributed by atoms with Gasteiger partial charge in [-0.2, -0.15) is 0 Å². The lowest BCUT2D eigenvalue weighted by molar-refractivity contribution is -0.123. The van der Waals surface area contributed by atoms with Crippen LogP contribution < -0.4 is 10.1 Å². The summed E-state index contributed by atoms with van der Waals surface area (Å²) in [6.07, 6.45) is 0.977. The van der Waals surface area contributed by atoms with Crippen LogP contribution in [-0.4, -0.2) is 19.1 Å². The second-order valence-electron chi connectivity index (χ2n) is 5.19. The standard InChI is InChI=1S/C15H22ClNO2/c1-10(2)5-6-17-14(18)9-19-13-7-11(3)15(16)12(4)8-13/h7-8,10H,5-6,9H2,1-4H3,(H,17,18). The van der Waals surface area contributed by atoms with Crippen LogP contribution in [0.2, 0.25) is 5.02 Å². The predicted molar refractivity (Wildman–Crippen MR) is 78.9 cm³/mol. The third-order valence-corrected chi connectivity index (χ3v) is 3.42. The molecule has 0 unspecified atom stereocenters. The molecular formula is C15H22ClNO2. The molecule has 0 radical (unpaired) electrons. The first-order valence-corrected chi connectivity index (χ1v) is 6.94. The van der Waals surface area contributed by atoms with Crippen LogP contribution in [0.25, 0.3) is 0 Å². The predicted octanol–water partition coefficient (Wildman–Crippen LogP) is 3.50. The normalized spacial score (nSPS) is 10.6. The number of carbonyl (C=O) groups is 1. The molecule has 106 valence electrons. The maximum atomic E-state index is 11.6. The zero-order chi connectivity index (χ0) is 14.4. The Bertz CT molecular complexity index is 421. The second-order valence-corrected chi connectivity index (χ2v) is 5.57. The van der Waals surface area contributed by atoms with Crippen molar-refractivity contribution in [2.75, 3.05) is 13.2 Å². The Kier molecular flexibility index (Phi) is 6.16. The van der Waals surface area contributed by atoms with Gasteiger partial charge in [-0.15, -0.1) is 0 Å². The number of benzene rings is 1. The molecule has 1 rings (SSSR count). The Balaban J connectivity index is 2.42. The minimum absolute atomic E-state index is 0.0403. The number of hydrogen-bond acceptors (Lipinski definition) is 2. The van der Waals surface area contributed by atoms with Crippen LogP contribution in [0.5, 0.6) is 5.75 Å². The van der Waals surface area contributed by atoms with Crippen molar-refractivity contribution < 1.29 is 9.53 Å². The summed E-state index contributed by atoms with van der Waals surface area (Å²) in [4.78, 5) is 11.6. The maximum Gasteiger partial charge on any atom is 0.257 e. The van der Waals surface area contributed by atoms with Crippen LogP contribution >= 0.6 is 11.6 Å². The monoisotopic (exact) mass is 283 g/mol. The van der Waals surface area contributed by atoms with Crippen LogP contribution in [0.3, 0.4) is 0 Å². The van der Waals surface area contributed by atoms with E-state index in [1.165, 1.54) is 0 Å². The summed E-state index contributed by atoms with van der Waals surface area (Å²) in [5, 5.41) is 3.58. The molecule has 0 spiro atoms. The number of nitrogens with one attached hydrogen (secondary N) is 1. The number of carbonyl (C=O) groups excluding carboxylic acids is 1. The average molecular weight is 284 g/mol. The Morgan fingerprint density at radius 3 is 2.42 bits per heavy atom. The average Bonchev–Trinajstić information content (AvgIpc) is 2.32. The van der Waals surface area contributed by atoms with Gasteiger partial charge in [0.2, 0.25) is 0 Å². The lowest BCUT2D eigenvalue weighted by Crippen LogP contribution is -2.30. The van der Waals surface area contributed by atoms with Crippen molar-refractivity contribution in [3.8, 4) is 5.75 Å². The highest BCUT2D eigenvalue weighted by atomic mass is 35.5. The molecule has 0 aliphatic carbocycles. The summed E-state index contributed by atoms with van der Waals surface area (Å²) in [5.41, 5.74) is 1.91. The van der Waals surface area contributed by atoms with E-state index in [-0.39, 0.29) is 12.5 Å². The Morgan fingerprint density at radius 2 is 1.89 bits per heavy atom. The summed E-state index contributed by atoms with van der Waals surface area (Å²) in [6.45, 7) is 8.83. The van der Waals surface area contributed by atoms with Gasteiger partial charge in [-0.1, -0.05) is 25.4 Å². The van der Waals surface area contributed by atoms with E-state index in [4.69, 9.17) is 16.3 Å². The Labute approximate surface area is 120 Å². The van der Waals surface area contributed by atoms with E-state index in [0.717, 1.165) is 22.6 Å². The van der Waals surface area contributed by atoms with Gasteiger partial charge in [0.15, 0.2) is 6.61 Å². The van der Waals surface area contributed by atoms with Gasteiger partial charge in [0.25, 0.3) is 5.91 Å². The molecule has 0 saturated carbocycles. The number of amides is 1. The first-order chi connectivity index (χ1) is 8.90. The van der Waals surface area contributed by atoms with Crippen LogP contribution in [0.15, 0.2) is 12.1 Å². The Hall–Kier alpha value is -1.22. The van der Waals surface area contributed by atoms with Gasteiger partial charge in [-0.25, -0.2) is 0 Å². The maximum absolute atomic E-state index is 11.6. The first kappa shape index (κ1) is 15.8. The van der Waals surface area contributed by atoms with Crippen molar-refractivity contribution in [3.63, 3.8) is 0 Å². The highest BCUT2D eigenvalue weighted by molar-refractivity contribution is 6.32. The third kappa shape index (κ3) is 5.52. The number of hydrogen-bond donors (Lipinski definition) is 1. The smallest absolute Gasteiger partial charge is 0.257 e. The molecule has 1 amide bonds. The molecule has 0 bridgehead atoms. The SMILES string of the molecule is Cc1cc(OCC(=O)NCCC(C)C)cc(C)c1Cl. The number of aryl methyl sites for hydroxylation is 2. The summed E-state index contributed by atoms with van der Waals surface area (Å²) in [5.74, 6) is 1.17. The lowest BCUT2D eigenvalue weighted by Gasteiger charge is -2.11. The third-order valence-electron chi connectivity index (χ3n) is 2.82. The van der Waals surface area contributed by atoms with Crippen LogP contribution in [0, 0.1) is 19.8 Å². The van der Waals surface area contributed by atoms with Crippen LogP contribution in [0.4, 0.5) is 0 Å². The molecule has 0 aromatic heterocycles. The fourth-order valence-electron chi connectivity index (χ4n) is 1.69.